The van der Waals surface area contributed by atoms with Crippen molar-refractivity contribution < 1.29 is 0 Å². The zero-order chi connectivity index (χ0) is 13.0. The molecule has 0 radical (unpaired) electrons. The first kappa shape index (κ1) is 13.6. The van der Waals surface area contributed by atoms with Gasteiger partial charge in [0.1, 0.15) is 0 Å². The number of rotatable bonds is 4. The molecule has 0 aromatic heterocycles. The predicted molar refractivity (Wildman–Crippen MR) is 78.7 cm³/mol. The van der Waals surface area contributed by atoms with Crippen LogP contribution >= 0.6 is 0 Å². The highest BCUT2D eigenvalue weighted by Crippen LogP contribution is 2.28. The van der Waals surface area contributed by atoms with Crippen LogP contribution in [0, 0.1) is 25.7 Å². The van der Waals surface area contributed by atoms with Crippen LogP contribution in [0.25, 0.3) is 0 Å². The molecule has 1 aliphatic carbocycles. The summed E-state index contributed by atoms with van der Waals surface area (Å²) in [5, 5.41) is 3.66. The van der Waals surface area contributed by atoms with E-state index >= 15 is 0 Å². The zero-order valence-electron chi connectivity index (χ0n) is 12.1. The van der Waals surface area contributed by atoms with Crippen molar-refractivity contribution in [3.8, 4) is 0 Å². The van der Waals surface area contributed by atoms with Gasteiger partial charge in [-0.15, -0.1) is 0 Å². The molecule has 2 unspecified atom stereocenters. The van der Waals surface area contributed by atoms with Gasteiger partial charge in [-0.3, -0.25) is 0 Å². The Balaban J connectivity index is 1.79. The van der Waals surface area contributed by atoms with Gasteiger partial charge in [0.25, 0.3) is 0 Å². The molecular weight excluding hydrogens is 218 g/mol. The average molecular weight is 245 g/mol. The van der Waals surface area contributed by atoms with Crippen molar-refractivity contribution in [2.45, 2.75) is 53.0 Å². The Labute approximate surface area is 112 Å². The van der Waals surface area contributed by atoms with Crippen LogP contribution in [0.3, 0.4) is 0 Å². The maximum Gasteiger partial charge on any atom is 0.0208 e. The van der Waals surface area contributed by atoms with Gasteiger partial charge in [0.2, 0.25) is 0 Å². The second-order valence-corrected chi connectivity index (χ2v) is 6.13. The zero-order valence-corrected chi connectivity index (χ0v) is 12.1. The van der Waals surface area contributed by atoms with E-state index in [1.807, 2.05) is 0 Å². The van der Waals surface area contributed by atoms with Crippen molar-refractivity contribution in [1.29, 1.82) is 0 Å². The Hall–Kier alpha value is -0.820. The van der Waals surface area contributed by atoms with Gasteiger partial charge in [-0.05, 0) is 61.8 Å². The topological polar surface area (TPSA) is 12.0 Å². The molecule has 0 bridgehead atoms. The molecule has 100 valence electrons. The third kappa shape index (κ3) is 3.58. The molecule has 1 aromatic rings. The third-order valence-corrected chi connectivity index (χ3v) is 4.51. The number of benzene rings is 1. The molecule has 1 nitrogen and oxygen atoms in total. The van der Waals surface area contributed by atoms with Crippen LogP contribution in [0.5, 0.6) is 0 Å². The summed E-state index contributed by atoms with van der Waals surface area (Å²) in [6.07, 6.45) is 5.70. The molecule has 0 heterocycles. The van der Waals surface area contributed by atoms with E-state index in [0.717, 1.165) is 18.4 Å². The summed E-state index contributed by atoms with van der Waals surface area (Å²) >= 11 is 0. The lowest BCUT2D eigenvalue weighted by atomic mass is 9.82. The molecule has 1 fully saturated rings. The summed E-state index contributed by atoms with van der Waals surface area (Å²) in [5.41, 5.74) is 4.31. The summed E-state index contributed by atoms with van der Waals surface area (Å²) in [7, 11) is 0. The first-order chi connectivity index (χ1) is 8.66. The van der Waals surface area contributed by atoms with E-state index in [1.54, 1.807) is 0 Å². The van der Waals surface area contributed by atoms with E-state index < -0.39 is 0 Å². The fourth-order valence-electron chi connectivity index (χ4n) is 3.16. The molecule has 0 spiro atoms. The van der Waals surface area contributed by atoms with Crippen LogP contribution in [0.15, 0.2) is 18.2 Å². The maximum absolute atomic E-state index is 3.66. The Morgan fingerprint density at radius 3 is 2.83 bits per heavy atom. The molecule has 0 aliphatic heterocycles. The van der Waals surface area contributed by atoms with E-state index in [1.165, 1.54) is 48.9 Å². The lowest BCUT2D eigenvalue weighted by Crippen LogP contribution is -2.26. The number of hydrogen-bond acceptors (Lipinski definition) is 1. The molecule has 0 saturated heterocycles. The minimum Gasteiger partial charge on any atom is -0.312 e. The standard InChI is InChI=1S/C17H27N/c1-13-6-4-8-16(10-13)11-18-12-17-9-5-7-14(2)15(17)3/h5,7,9,13,16,18H,4,6,8,10-12H2,1-3H3. The van der Waals surface area contributed by atoms with Crippen molar-refractivity contribution in [2.75, 3.05) is 6.54 Å². The quantitative estimate of drug-likeness (QED) is 0.837. The molecule has 2 atom stereocenters. The van der Waals surface area contributed by atoms with E-state index in [0.29, 0.717) is 0 Å². The van der Waals surface area contributed by atoms with E-state index in [2.05, 4.69) is 44.3 Å². The van der Waals surface area contributed by atoms with Crippen molar-refractivity contribution in [1.82, 2.24) is 5.32 Å². The Morgan fingerprint density at radius 1 is 1.22 bits per heavy atom. The van der Waals surface area contributed by atoms with Gasteiger partial charge < -0.3 is 5.32 Å². The maximum atomic E-state index is 3.66. The second kappa shape index (κ2) is 6.38. The van der Waals surface area contributed by atoms with E-state index in [9.17, 15) is 0 Å². The van der Waals surface area contributed by atoms with Crippen LogP contribution in [0.4, 0.5) is 0 Å². The van der Waals surface area contributed by atoms with Crippen LogP contribution in [-0.4, -0.2) is 6.54 Å². The minimum atomic E-state index is 0.902. The highest BCUT2D eigenvalue weighted by molar-refractivity contribution is 5.32. The highest BCUT2D eigenvalue weighted by Gasteiger charge is 2.18. The van der Waals surface area contributed by atoms with Crippen molar-refractivity contribution in [3.63, 3.8) is 0 Å². The Kier molecular flexibility index (Phi) is 4.82. The summed E-state index contributed by atoms with van der Waals surface area (Å²) in [5.74, 6) is 1.84. The lowest BCUT2D eigenvalue weighted by Gasteiger charge is -2.27. The number of hydrogen-bond donors (Lipinski definition) is 1. The lowest BCUT2D eigenvalue weighted by molar-refractivity contribution is 0.274. The normalized spacial score (nSPS) is 24.2. The molecule has 1 heteroatoms. The largest absolute Gasteiger partial charge is 0.312 e. The molecule has 1 N–H and O–H groups in total. The van der Waals surface area contributed by atoms with Crippen LogP contribution < -0.4 is 5.32 Å². The molecular formula is C17H27N. The number of nitrogens with one attached hydrogen (secondary N) is 1. The first-order valence-electron chi connectivity index (χ1n) is 7.42. The van der Waals surface area contributed by atoms with Crippen molar-refractivity contribution in [3.05, 3.63) is 34.9 Å². The van der Waals surface area contributed by atoms with Crippen LogP contribution in [0.2, 0.25) is 0 Å². The van der Waals surface area contributed by atoms with Gasteiger partial charge in [0.15, 0.2) is 0 Å². The number of aryl methyl sites for hydroxylation is 1. The van der Waals surface area contributed by atoms with Gasteiger partial charge in [0.05, 0.1) is 0 Å². The average Bonchev–Trinajstić information content (AvgIpc) is 2.35. The Bertz CT molecular complexity index is 383. The smallest absolute Gasteiger partial charge is 0.0208 e. The highest BCUT2D eigenvalue weighted by atomic mass is 14.9. The fraction of sp³-hybridized carbons (Fsp3) is 0.647. The van der Waals surface area contributed by atoms with E-state index in [4.69, 9.17) is 0 Å². The molecule has 0 amide bonds. The molecule has 1 aliphatic rings. The third-order valence-electron chi connectivity index (χ3n) is 4.51. The van der Waals surface area contributed by atoms with Gasteiger partial charge >= 0.3 is 0 Å². The SMILES string of the molecule is Cc1cccc(CNCC2CCCC(C)C2)c1C. The van der Waals surface area contributed by atoms with Gasteiger partial charge in [-0.2, -0.15) is 0 Å². The molecule has 1 saturated carbocycles. The summed E-state index contributed by atoms with van der Waals surface area (Å²) in [6, 6.07) is 6.61. The fourth-order valence-corrected chi connectivity index (χ4v) is 3.16. The molecule has 18 heavy (non-hydrogen) atoms. The van der Waals surface area contributed by atoms with E-state index in [-0.39, 0.29) is 0 Å². The van der Waals surface area contributed by atoms with Crippen molar-refractivity contribution >= 4 is 0 Å². The minimum absolute atomic E-state index is 0.902. The monoisotopic (exact) mass is 245 g/mol. The predicted octanol–water partition coefficient (Wildman–Crippen LogP) is 4.22. The Morgan fingerprint density at radius 2 is 2.06 bits per heavy atom. The summed E-state index contributed by atoms with van der Waals surface area (Å²) in [6.45, 7) is 9.05. The second-order valence-electron chi connectivity index (χ2n) is 6.13. The summed E-state index contributed by atoms with van der Waals surface area (Å²) in [4.78, 5) is 0. The van der Waals surface area contributed by atoms with Crippen molar-refractivity contribution in [2.24, 2.45) is 11.8 Å². The van der Waals surface area contributed by atoms with Gasteiger partial charge in [-0.1, -0.05) is 38.0 Å². The molecule has 2 rings (SSSR count). The first-order valence-corrected chi connectivity index (χ1v) is 7.42. The summed E-state index contributed by atoms with van der Waals surface area (Å²) < 4.78 is 0. The van der Waals surface area contributed by atoms with Crippen LogP contribution in [-0.2, 0) is 6.54 Å². The van der Waals surface area contributed by atoms with Gasteiger partial charge in [-0.25, -0.2) is 0 Å². The van der Waals surface area contributed by atoms with Crippen LogP contribution in [0.1, 0.15) is 49.3 Å². The molecule has 1 aromatic carbocycles. The van der Waals surface area contributed by atoms with Gasteiger partial charge in [0, 0.05) is 6.54 Å².